The Balaban J connectivity index is 3.04. The fourth-order valence-electron chi connectivity index (χ4n) is 2.27. The molecule has 0 N–H and O–H groups in total. The SMILES string of the molecule is COc1ccc(C)c(OC)c1CC[Si](OC)(OC)OC. The van der Waals surface area contributed by atoms with Crippen molar-refractivity contribution < 1.29 is 22.8 Å². The molecule has 0 amide bonds. The molecule has 0 spiro atoms. The third-order valence-corrected chi connectivity index (χ3v) is 6.18. The predicted octanol–water partition coefficient (Wildman–Crippen LogP) is 2.43. The number of aryl methyl sites for hydroxylation is 1. The quantitative estimate of drug-likeness (QED) is 0.690. The summed E-state index contributed by atoms with van der Waals surface area (Å²) in [7, 11) is 5.56. The second-order valence-corrected chi connectivity index (χ2v) is 7.48. The molecule has 20 heavy (non-hydrogen) atoms. The van der Waals surface area contributed by atoms with Gasteiger partial charge in [0.2, 0.25) is 0 Å². The monoisotopic (exact) mass is 300 g/mol. The third-order valence-electron chi connectivity index (χ3n) is 3.45. The van der Waals surface area contributed by atoms with Crippen molar-refractivity contribution in [3.8, 4) is 11.5 Å². The van der Waals surface area contributed by atoms with Gasteiger partial charge in [-0.15, -0.1) is 0 Å². The molecule has 0 bridgehead atoms. The Kier molecular flexibility index (Phi) is 6.48. The van der Waals surface area contributed by atoms with Crippen LogP contribution in [0.4, 0.5) is 0 Å². The maximum absolute atomic E-state index is 5.50. The summed E-state index contributed by atoms with van der Waals surface area (Å²) in [6.45, 7) is 2.01. The van der Waals surface area contributed by atoms with Gasteiger partial charge in [-0.25, -0.2) is 0 Å². The van der Waals surface area contributed by atoms with E-state index in [1.54, 1.807) is 35.5 Å². The lowest BCUT2D eigenvalue weighted by atomic mass is 10.1. The first-order chi connectivity index (χ1) is 9.57. The van der Waals surface area contributed by atoms with Crippen LogP contribution in [-0.2, 0) is 19.7 Å². The highest BCUT2D eigenvalue weighted by Gasteiger charge is 2.37. The Bertz CT molecular complexity index is 424. The highest BCUT2D eigenvalue weighted by molar-refractivity contribution is 6.60. The topological polar surface area (TPSA) is 46.2 Å². The molecule has 0 aliphatic heterocycles. The molecule has 0 saturated heterocycles. The molecule has 114 valence electrons. The summed E-state index contributed by atoms with van der Waals surface area (Å²) in [6, 6.07) is 4.59. The number of hydrogen-bond donors (Lipinski definition) is 0. The van der Waals surface area contributed by atoms with Gasteiger partial charge < -0.3 is 22.8 Å². The second-order valence-electron chi connectivity index (χ2n) is 4.39. The van der Waals surface area contributed by atoms with E-state index >= 15 is 0 Å². The van der Waals surface area contributed by atoms with E-state index in [0.717, 1.165) is 22.6 Å². The molecule has 0 aliphatic rings. The van der Waals surface area contributed by atoms with E-state index in [0.29, 0.717) is 12.5 Å². The van der Waals surface area contributed by atoms with E-state index in [2.05, 4.69) is 0 Å². The van der Waals surface area contributed by atoms with Gasteiger partial charge in [0.25, 0.3) is 0 Å². The molecule has 0 fully saturated rings. The number of methoxy groups -OCH3 is 2. The van der Waals surface area contributed by atoms with Gasteiger partial charge in [-0.2, -0.15) is 0 Å². The third kappa shape index (κ3) is 3.52. The van der Waals surface area contributed by atoms with Crippen molar-refractivity contribution in [2.45, 2.75) is 19.4 Å². The van der Waals surface area contributed by atoms with Crippen LogP contribution in [0.2, 0.25) is 6.04 Å². The van der Waals surface area contributed by atoms with E-state index in [1.807, 2.05) is 19.1 Å². The van der Waals surface area contributed by atoms with E-state index in [1.165, 1.54) is 0 Å². The lowest BCUT2D eigenvalue weighted by Gasteiger charge is -2.25. The molecule has 5 nitrogen and oxygen atoms in total. The molecule has 1 aromatic carbocycles. The number of rotatable bonds is 8. The minimum Gasteiger partial charge on any atom is -0.496 e. The Morgan fingerprint density at radius 3 is 1.95 bits per heavy atom. The first-order valence-electron chi connectivity index (χ1n) is 6.43. The molecule has 0 saturated carbocycles. The van der Waals surface area contributed by atoms with E-state index < -0.39 is 8.80 Å². The highest BCUT2D eigenvalue weighted by Crippen LogP contribution is 2.34. The van der Waals surface area contributed by atoms with Crippen LogP contribution in [0.1, 0.15) is 11.1 Å². The van der Waals surface area contributed by atoms with E-state index in [9.17, 15) is 0 Å². The van der Waals surface area contributed by atoms with Crippen LogP contribution >= 0.6 is 0 Å². The zero-order chi connectivity index (χ0) is 15.2. The van der Waals surface area contributed by atoms with Crippen molar-refractivity contribution in [2.24, 2.45) is 0 Å². The van der Waals surface area contributed by atoms with Crippen molar-refractivity contribution in [1.29, 1.82) is 0 Å². The average molecular weight is 300 g/mol. The summed E-state index contributed by atoms with van der Waals surface area (Å²) in [6.07, 6.45) is 0.704. The van der Waals surface area contributed by atoms with Crippen molar-refractivity contribution in [1.82, 2.24) is 0 Å². The minimum absolute atomic E-state index is 0.659. The Morgan fingerprint density at radius 1 is 0.900 bits per heavy atom. The first-order valence-corrected chi connectivity index (χ1v) is 8.36. The average Bonchev–Trinajstić information content (AvgIpc) is 2.49. The van der Waals surface area contributed by atoms with Crippen LogP contribution in [-0.4, -0.2) is 44.4 Å². The number of benzene rings is 1. The highest BCUT2D eigenvalue weighted by atomic mass is 28.4. The first kappa shape index (κ1) is 17.0. The summed E-state index contributed by atoms with van der Waals surface area (Å²) < 4.78 is 27.3. The molecule has 0 heterocycles. The smallest absolute Gasteiger partial charge is 0.496 e. The molecular formula is C14H24O5Si. The van der Waals surface area contributed by atoms with Crippen LogP contribution in [0.5, 0.6) is 11.5 Å². The van der Waals surface area contributed by atoms with E-state index in [-0.39, 0.29) is 0 Å². The van der Waals surface area contributed by atoms with Crippen molar-refractivity contribution >= 4 is 8.80 Å². The van der Waals surface area contributed by atoms with Crippen molar-refractivity contribution in [3.63, 3.8) is 0 Å². The van der Waals surface area contributed by atoms with Gasteiger partial charge in [-0.1, -0.05) is 6.07 Å². The largest absolute Gasteiger partial charge is 0.500 e. The molecule has 1 rings (SSSR count). The van der Waals surface area contributed by atoms with Crippen LogP contribution in [0.3, 0.4) is 0 Å². The molecule has 0 radical (unpaired) electrons. The van der Waals surface area contributed by atoms with Gasteiger partial charge >= 0.3 is 8.80 Å². The summed E-state index contributed by atoms with van der Waals surface area (Å²) >= 11 is 0. The molecule has 0 atom stereocenters. The van der Waals surface area contributed by atoms with Gasteiger partial charge in [0.1, 0.15) is 11.5 Å². The van der Waals surface area contributed by atoms with Gasteiger partial charge in [0, 0.05) is 32.9 Å². The molecule has 0 unspecified atom stereocenters. The fraction of sp³-hybridized carbons (Fsp3) is 0.571. The minimum atomic E-state index is -2.60. The Hall–Kier alpha value is -1.08. The Morgan fingerprint density at radius 2 is 1.50 bits per heavy atom. The molecule has 6 heteroatoms. The molecule has 0 aromatic heterocycles. The standard InChI is InChI=1S/C14H24O5Si/c1-11-7-8-13(15-2)12(14(11)16-3)9-10-20(17-4,18-5)19-6/h7-8H,9-10H2,1-6H3. The van der Waals surface area contributed by atoms with Crippen molar-refractivity contribution in [3.05, 3.63) is 23.3 Å². The maximum Gasteiger partial charge on any atom is 0.500 e. The zero-order valence-corrected chi connectivity index (χ0v) is 14.1. The zero-order valence-electron chi connectivity index (χ0n) is 13.1. The maximum atomic E-state index is 5.50. The summed E-state index contributed by atoms with van der Waals surface area (Å²) in [4.78, 5) is 0. The summed E-state index contributed by atoms with van der Waals surface area (Å²) in [5, 5.41) is 0. The van der Waals surface area contributed by atoms with Crippen molar-refractivity contribution in [2.75, 3.05) is 35.5 Å². The predicted molar refractivity (Wildman–Crippen MR) is 79.6 cm³/mol. The van der Waals surface area contributed by atoms with Gasteiger partial charge in [0.05, 0.1) is 14.2 Å². The summed E-state index contributed by atoms with van der Waals surface area (Å²) in [5.74, 6) is 1.65. The van der Waals surface area contributed by atoms with Gasteiger partial charge in [-0.3, -0.25) is 0 Å². The summed E-state index contributed by atoms with van der Waals surface area (Å²) in [5.41, 5.74) is 2.08. The van der Waals surface area contributed by atoms with Crippen LogP contribution in [0.15, 0.2) is 12.1 Å². The second kappa shape index (κ2) is 7.63. The molecular weight excluding hydrogens is 276 g/mol. The van der Waals surface area contributed by atoms with Crippen LogP contribution < -0.4 is 9.47 Å². The fourth-order valence-corrected chi connectivity index (χ4v) is 3.94. The Labute approximate surface area is 122 Å². The van der Waals surface area contributed by atoms with Gasteiger partial charge in [-0.05, 0) is 25.0 Å². The lowest BCUT2D eigenvalue weighted by molar-refractivity contribution is 0.123. The van der Waals surface area contributed by atoms with E-state index in [4.69, 9.17) is 22.8 Å². The molecule has 0 aliphatic carbocycles. The lowest BCUT2D eigenvalue weighted by Crippen LogP contribution is -2.43. The van der Waals surface area contributed by atoms with Crippen LogP contribution in [0.25, 0.3) is 0 Å². The van der Waals surface area contributed by atoms with Gasteiger partial charge in [0.15, 0.2) is 0 Å². The number of hydrogen-bond acceptors (Lipinski definition) is 5. The normalized spacial score (nSPS) is 11.5. The number of ether oxygens (including phenoxy) is 2. The molecule has 1 aromatic rings. The van der Waals surface area contributed by atoms with Crippen LogP contribution in [0, 0.1) is 6.92 Å².